The van der Waals surface area contributed by atoms with E-state index < -0.39 is 35.5 Å². The molecule has 1 aliphatic heterocycles. The van der Waals surface area contributed by atoms with E-state index in [1.807, 2.05) is 4.90 Å². The van der Waals surface area contributed by atoms with Gasteiger partial charge in [0.15, 0.2) is 11.6 Å². The third kappa shape index (κ3) is 5.15. The largest absolute Gasteiger partial charge is 0.573 e. The van der Waals surface area contributed by atoms with Crippen LogP contribution in [-0.4, -0.2) is 46.0 Å². The normalized spacial score (nSPS) is 15.4. The van der Waals surface area contributed by atoms with Gasteiger partial charge in [0.1, 0.15) is 11.5 Å². The van der Waals surface area contributed by atoms with Crippen molar-refractivity contribution in [3.63, 3.8) is 0 Å². The number of aromatic nitrogens is 2. The van der Waals surface area contributed by atoms with Crippen molar-refractivity contribution in [3.05, 3.63) is 47.7 Å². The molecule has 1 aromatic carbocycles. The van der Waals surface area contributed by atoms with E-state index in [1.54, 1.807) is 0 Å². The number of nitrogens with one attached hydrogen (secondary N) is 1. The molecule has 0 radical (unpaired) electrons. The van der Waals surface area contributed by atoms with Crippen LogP contribution in [0, 0.1) is 5.82 Å². The van der Waals surface area contributed by atoms with Crippen LogP contribution in [0.4, 0.5) is 23.4 Å². The molecule has 0 saturated carbocycles. The molecular weight excluding hydrogens is 408 g/mol. The summed E-state index contributed by atoms with van der Waals surface area (Å²) in [6.45, 7) is 4.35. The number of amides is 1. The molecule has 162 valence electrons. The van der Waals surface area contributed by atoms with Crippen LogP contribution in [0.3, 0.4) is 0 Å². The van der Waals surface area contributed by atoms with Crippen LogP contribution in [0.15, 0.2) is 30.6 Å². The summed E-state index contributed by atoms with van der Waals surface area (Å²) in [5.74, 6) is -2.44. The molecule has 2 N–H and O–H groups in total. The minimum Gasteiger partial charge on any atom is -0.403 e. The monoisotopic (exact) mass is 428 g/mol. The molecule has 0 spiro atoms. The summed E-state index contributed by atoms with van der Waals surface area (Å²) in [4.78, 5) is 22.9. The molecule has 0 bridgehead atoms. The second-order valence-electron chi connectivity index (χ2n) is 7.40. The minimum atomic E-state index is -5.05. The summed E-state index contributed by atoms with van der Waals surface area (Å²) in [5, 5.41) is 13.0. The molecule has 1 atom stereocenters. The molecule has 3 rings (SSSR count). The quantitative estimate of drug-likeness (QED) is 0.688. The molecule has 7 nitrogen and oxygen atoms in total. The Bertz CT molecular complexity index is 927. The van der Waals surface area contributed by atoms with Gasteiger partial charge in [-0.1, -0.05) is 6.07 Å². The molecular formula is C19H20F4N4O3. The molecule has 0 unspecified atom stereocenters. The summed E-state index contributed by atoms with van der Waals surface area (Å²) in [5.41, 5.74) is -1.53. The van der Waals surface area contributed by atoms with Gasteiger partial charge in [-0.3, -0.25) is 9.78 Å². The molecule has 1 aromatic heterocycles. The highest BCUT2D eigenvalue weighted by Crippen LogP contribution is 2.31. The van der Waals surface area contributed by atoms with E-state index in [4.69, 9.17) is 0 Å². The third-order valence-corrected chi connectivity index (χ3v) is 4.53. The van der Waals surface area contributed by atoms with Crippen molar-refractivity contribution >= 4 is 11.7 Å². The van der Waals surface area contributed by atoms with Gasteiger partial charge in [0, 0.05) is 13.1 Å². The van der Waals surface area contributed by atoms with Crippen LogP contribution in [-0.2, 0) is 0 Å². The number of carbonyl (C=O) groups excluding carboxylic acids is 1. The first kappa shape index (κ1) is 21.8. The van der Waals surface area contributed by atoms with E-state index in [0.717, 1.165) is 37.7 Å². The van der Waals surface area contributed by atoms with Crippen molar-refractivity contribution in [1.29, 1.82) is 0 Å². The zero-order valence-electron chi connectivity index (χ0n) is 16.2. The maximum Gasteiger partial charge on any atom is 0.573 e. The van der Waals surface area contributed by atoms with E-state index in [9.17, 15) is 27.5 Å². The standard InChI is InChI=1S/C19H20F4N4O3/c1-18(2,29)16(11-4-5-14(12(20)8-11)30-19(21,22)23)26-17(28)13-9-24-10-15(25-13)27-6-3-7-27/h4-5,8-10,16,29H,3,6-7H2,1-2H3,(H,26,28)/t16-/m0/s1. The van der Waals surface area contributed by atoms with Gasteiger partial charge in [-0.2, -0.15) is 0 Å². The van der Waals surface area contributed by atoms with Gasteiger partial charge in [-0.25, -0.2) is 9.37 Å². The van der Waals surface area contributed by atoms with Crippen molar-refractivity contribution in [1.82, 2.24) is 15.3 Å². The first-order valence-electron chi connectivity index (χ1n) is 9.09. The summed E-state index contributed by atoms with van der Waals surface area (Å²) in [6.07, 6.45) is -1.26. The summed E-state index contributed by atoms with van der Waals surface area (Å²) in [7, 11) is 0. The van der Waals surface area contributed by atoms with E-state index >= 15 is 0 Å². The average Bonchev–Trinajstić information content (AvgIpc) is 2.58. The summed E-state index contributed by atoms with van der Waals surface area (Å²) in [6, 6.07) is 1.54. The van der Waals surface area contributed by atoms with Gasteiger partial charge in [0.05, 0.1) is 24.0 Å². The summed E-state index contributed by atoms with van der Waals surface area (Å²) < 4.78 is 54.8. The second kappa shape index (κ2) is 8.05. The highest BCUT2D eigenvalue weighted by atomic mass is 19.4. The molecule has 2 aromatic rings. The van der Waals surface area contributed by atoms with Crippen LogP contribution >= 0.6 is 0 Å². The second-order valence-corrected chi connectivity index (χ2v) is 7.40. The fraction of sp³-hybridized carbons (Fsp3) is 0.421. The van der Waals surface area contributed by atoms with Gasteiger partial charge in [0.25, 0.3) is 5.91 Å². The Morgan fingerprint density at radius 2 is 1.97 bits per heavy atom. The molecule has 0 aliphatic carbocycles. The van der Waals surface area contributed by atoms with Gasteiger partial charge in [0.2, 0.25) is 0 Å². The number of nitrogens with zero attached hydrogens (tertiary/aromatic N) is 3. The predicted octanol–water partition coefficient (Wildman–Crippen LogP) is 2.97. The highest BCUT2D eigenvalue weighted by molar-refractivity contribution is 5.92. The number of hydrogen-bond acceptors (Lipinski definition) is 6. The number of alkyl halides is 3. The van der Waals surface area contributed by atoms with Crippen molar-refractivity contribution in [2.24, 2.45) is 0 Å². The Hall–Kier alpha value is -2.95. The number of aliphatic hydroxyl groups is 1. The lowest BCUT2D eigenvalue weighted by Crippen LogP contribution is -2.43. The van der Waals surface area contributed by atoms with Crippen LogP contribution in [0.1, 0.15) is 42.4 Å². The Kier molecular flexibility index (Phi) is 5.84. The number of anilines is 1. The van der Waals surface area contributed by atoms with E-state index in [0.29, 0.717) is 5.82 Å². The van der Waals surface area contributed by atoms with Crippen molar-refractivity contribution < 1.29 is 32.2 Å². The van der Waals surface area contributed by atoms with Crippen LogP contribution in [0.5, 0.6) is 5.75 Å². The minimum absolute atomic E-state index is 0.00820. The lowest BCUT2D eigenvalue weighted by molar-refractivity contribution is -0.275. The van der Waals surface area contributed by atoms with Gasteiger partial charge in [-0.15, -0.1) is 13.2 Å². The molecule has 1 saturated heterocycles. The van der Waals surface area contributed by atoms with E-state index in [2.05, 4.69) is 20.0 Å². The molecule has 30 heavy (non-hydrogen) atoms. The fourth-order valence-electron chi connectivity index (χ4n) is 2.94. The lowest BCUT2D eigenvalue weighted by atomic mass is 9.91. The Morgan fingerprint density at radius 1 is 1.27 bits per heavy atom. The molecule has 11 heteroatoms. The highest BCUT2D eigenvalue weighted by Gasteiger charge is 2.34. The van der Waals surface area contributed by atoms with Crippen molar-refractivity contribution in [3.8, 4) is 5.75 Å². The number of carbonyl (C=O) groups is 1. The third-order valence-electron chi connectivity index (χ3n) is 4.53. The SMILES string of the molecule is CC(C)(O)[C@@H](NC(=O)c1cncc(N2CCC2)n1)c1ccc(OC(F)(F)F)c(F)c1. The Labute approximate surface area is 169 Å². The maximum atomic E-state index is 14.1. The fourth-order valence-corrected chi connectivity index (χ4v) is 2.94. The number of hydrogen-bond donors (Lipinski definition) is 2. The first-order chi connectivity index (χ1) is 13.9. The molecule has 1 aliphatic rings. The number of rotatable bonds is 6. The zero-order chi connectivity index (χ0) is 22.1. The topological polar surface area (TPSA) is 87.6 Å². The van der Waals surface area contributed by atoms with Crippen LogP contribution in [0.25, 0.3) is 0 Å². The molecule has 1 amide bonds. The van der Waals surface area contributed by atoms with Crippen LogP contribution in [0.2, 0.25) is 0 Å². The van der Waals surface area contributed by atoms with Gasteiger partial charge in [-0.05, 0) is 38.0 Å². The lowest BCUT2D eigenvalue weighted by Gasteiger charge is -2.32. The number of halogens is 4. The molecule has 2 heterocycles. The average molecular weight is 428 g/mol. The first-order valence-corrected chi connectivity index (χ1v) is 9.09. The Balaban J connectivity index is 1.83. The Morgan fingerprint density at radius 3 is 2.50 bits per heavy atom. The number of ether oxygens (including phenoxy) is 1. The van der Waals surface area contributed by atoms with E-state index in [1.165, 1.54) is 26.2 Å². The van der Waals surface area contributed by atoms with Crippen molar-refractivity contribution in [2.45, 2.75) is 38.3 Å². The number of benzene rings is 1. The van der Waals surface area contributed by atoms with Crippen LogP contribution < -0.4 is 15.0 Å². The van der Waals surface area contributed by atoms with Gasteiger partial charge >= 0.3 is 6.36 Å². The predicted molar refractivity (Wildman–Crippen MR) is 98.5 cm³/mol. The van der Waals surface area contributed by atoms with E-state index in [-0.39, 0.29) is 11.3 Å². The zero-order valence-corrected chi connectivity index (χ0v) is 16.2. The maximum absolute atomic E-state index is 14.1. The molecule has 1 fully saturated rings. The summed E-state index contributed by atoms with van der Waals surface area (Å²) >= 11 is 0. The van der Waals surface area contributed by atoms with Crippen molar-refractivity contribution in [2.75, 3.05) is 18.0 Å². The van der Waals surface area contributed by atoms with Gasteiger partial charge < -0.3 is 20.1 Å². The smallest absolute Gasteiger partial charge is 0.403 e.